The lowest BCUT2D eigenvalue weighted by molar-refractivity contribution is -0.142. The zero-order valence-corrected chi connectivity index (χ0v) is 14.2. The van der Waals surface area contributed by atoms with Crippen LogP contribution in [0, 0.1) is 6.92 Å². The van der Waals surface area contributed by atoms with Crippen molar-refractivity contribution in [3.05, 3.63) is 47.7 Å². The highest BCUT2D eigenvalue weighted by atomic mass is 16.4. The summed E-state index contributed by atoms with van der Waals surface area (Å²) >= 11 is 0. The van der Waals surface area contributed by atoms with Gasteiger partial charge in [0.2, 0.25) is 5.91 Å². The van der Waals surface area contributed by atoms with Crippen molar-refractivity contribution in [2.45, 2.75) is 25.8 Å². The third kappa shape index (κ3) is 4.28. The van der Waals surface area contributed by atoms with Gasteiger partial charge >= 0.3 is 5.97 Å². The van der Waals surface area contributed by atoms with E-state index >= 15 is 0 Å². The van der Waals surface area contributed by atoms with Crippen LogP contribution >= 0.6 is 0 Å². The Morgan fingerprint density at radius 2 is 2.00 bits per heavy atom. The van der Waals surface area contributed by atoms with Crippen molar-refractivity contribution in [2.24, 2.45) is 0 Å². The van der Waals surface area contributed by atoms with E-state index in [9.17, 15) is 9.59 Å². The summed E-state index contributed by atoms with van der Waals surface area (Å²) in [6.07, 6.45) is 0.819. The number of rotatable bonds is 5. The quantitative estimate of drug-likeness (QED) is 0.869. The third-order valence-electron chi connectivity index (χ3n) is 4.41. The van der Waals surface area contributed by atoms with Crippen molar-refractivity contribution in [3.8, 4) is 11.3 Å². The number of nitrogens with zero attached hydrogens (tertiary/aromatic N) is 1. The number of benzene rings is 1. The molecule has 0 saturated carbocycles. The van der Waals surface area contributed by atoms with Crippen LogP contribution < -0.4 is 5.32 Å². The van der Waals surface area contributed by atoms with Gasteiger partial charge in [-0.25, -0.2) is 0 Å². The smallest absolute Gasteiger partial charge is 0.322 e. The van der Waals surface area contributed by atoms with Crippen LogP contribution in [0.4, 0.5) is 0 Å². The summed E-state index contributed by atoms with van der Waals surface area (Å²) in [6, 6.07) is 11.2. The highest BCUT2D eigenvalue weighted by molar-refractivity contribution is 5.79. The molecule has 1 atom stereocenters. The van der Waals surface area contributed by atoms with Gasteiger partial charge in [-0.05, 0) is 19.1 Å². The largest absolute Gasteiger partial charge is 0.480 e. The molecule has 1 amide bonds. The van der Waals surface area contributed by atoms with Gasteiger partial charge in [0.05, 0.1) is 0 Å². The first-order valence-corrected chi connectivity index (χ1v) is 8.42. The number of aryl methyl sites for hydroxylation is 2. The van der Waals surface area contributed by atoms with E-state index in [-0.39, 0.29) is 12.5 Å². The maximum Gasteiger partial charge on any atom is 0.322 e. The van der Waals surface area contributed by atoms with Gasteiger partial charge in [0.15, 0.2) is 0 Å². The summed E-state index contributed by atoms with van der Waals surface area (Å²) in [4.78, 5) is 25.0. The lowest BCUT2D eigenvalue weighted by Crippen LogP contribution is -2.55. The molecule has 6 heteroatoms. The zero-order valence-electron chi connectivity index (χ0n) is 14.2. The number of nitrogens with one attached hydrogen (secondary N) is 1. The number of piperazine rings is 1. The molecule has 0 radical (unpaired) electrons. The molecule has 1 aromatic carbocycles. The first kappa shape index (κ1) is 17.2. The Hall–Kier alpha value is -2.60. The standard InChI is InChI=1S/C19H22N2O4/c1-13-2-4-14(5-3-13)17-8-6-15(25-17)7-9-18(22)21-11-10-20-16(12-21)19(23)24/h2-6,8,16,20H,7,9-12H2,1H3,(H,23,24). The minimum atomic E-state index is -0.925. The van der Waals surface area contributed by atoms with Crippen LogP contribution in [-0.4, -0.2) is 47.6 Å². The van der Waals surface area contributed by atoms with Gasteiger partial charge < -0.3 is 19.7 Å². The Balaban J connectivity index is 1.56. The number of amides is 1. The summed E-state index contributed by atoms with van der Waals surface area (Å²) in [7, 11) is 0. The van der Waals surface area contributed by atoms with E-state index in [0.717, 1.165) is 17.1 Å². The molecule has 1 fully saturated rings. The third-order valence-corrected chi connectivity index (χ3v) is 4.41. The normalized spacial score (nSPS) is 17.5. The number of hydrogen-bond donors (Lipinski definition) is 2. The molecule has 1 saturated heterocycles. The second-order valence-corrected chi connectivity index (χ2v) is 6.32. The molecular formula is C19H22N2O4. The average molecular weight is 342 g/mol. The minimum absolute atomic E-state index is 0.0407. The van der Waals surface area contributed by atoms with E-state index in [1.165, 1.54) is 5.56 Å². The molecule has 2 N–H and O–H groups in total. The van der Waals surface area contributed by atoms with E-state index in [4.69, 9.17) is 9.52 Å². The topological polar surface area (TPSA) is 82.8 Å². The first-order valence-electron chi connectivity index (χ1n) is 8.42. The van der Waals surface area contributed by atoms with Crippen molar-refractivity contribution in [3.63, 3.8) is 0 Å². The maximum atomic E-state index is 12.3. The van der Waals surface area contributed by atoms with Gasteiger partial charge in [0.25, 0.3) is 0 Å². The second-order valence-electron chi connectivity index (χ2n) is 6.32. The molecule has 1 unspecified atom stereocenters. The number of carboxylic acid groups (broad SMARTS) is 1. The Morgan fingerprint density at radius 1 is 1.24 bits per heavy atom. The van der Waals surface area contributed by atoms with Gasteiger partial charge in [0, 0.05) is 38.0 Å². The van der Waals surface area contributed by atoms with Crippen LogP contribution in [0.5, 0.6) is 0 Å². The molecule has 6 nitrogen and oxygen atoms in total. The van der Waals surface area contributed by atoms with Crippen LogP contribution in [-0.2, 0) is 16.0 Å². The van der Waals surface area contributed by atoms with Crippen LogP contribution in [0.1, 0.15) is 17.7 Å². The van der Waals surface area contributed by atoms with E-state index in [0.29, 0.717) is 25.9 Å². The zero-order chi connectivity index (χ0) is 17.8. The van der Waals surface area contributed by atoms with Crippen molar-refractivity contribution in [1.82, 2.24) is 10.2 Å². The summed E-state index contributed by atoms with van der Waals surface area (Å²) in [5, 5.41) is 11.9. The highest BCUT2D eigenvalue weighted by Gasteiger charge is 2.27. The molecule has 1 aliphatic rings. The molecule has 3 rings (SSSR count). The second kappa shape index (κ2) is 7.53. The highest BCUT2D eigenvalue weighted by Crippen LogP contribution is 2.23. The number of hydrogen-bond acceptors (Lipinski definition) is 4. The number of furan rings is 1. The SMILES string of the molecule is Cc1ccc(-c2ccc(CCC(=O)N3CCNC(C(=O)O)C3)o2)cc1. The molecule has 25 heavy (non-hydrogen) atoms. The van der Waals surface area contributed by atoms with E-state index in [2.05, 4.69) is 5.32 Å². The van der Waals surface area contributed by atoms with Gasteiger partial charge in [-0.15, -0.1) is 0 Å². The van der Waals surface area contributed by atoms with Gasteiger partial charge in [-0.1, -0.05) is 29.8 Å². The Kier molecular flexibility index (Phi) is 5.19. The van der Waals surface area contributed by atoms with Crippen molar-refractivity contribution < 1.29 is 19.1 Å². The molecule has 1 aliphatic heterocycles. The van der Waals surface area contributed by atoms with Crippen LogP contribution in [0.3, 0.4) is 0 Å². The molecule has 0 spiro atoms. The van der Waals surface area contributed by atoms with Crippen LogP contribution in [0.15, 0.2) is 40.8 Å². The number of carbonyl (C=O) groups excluding carboxylic acids is 1. The van der Waals surface area contributed by atoms with Crippen molar-refractivity contribution in [2.75, 3.05) is 19.6 Å². The van der Waals surface area contributed by atoms with Crippen LogP contribution in [0.2, 0.25) is 0 Å². The molecule has 2 heterocycles. The lowest BCUT2D eigenvalue weighted by atomic mass is 10.1. The van der Waals surface area contributed by atoms with Crippen molar-refractivity contribution >= 4 is 11.9 Å². The maximum absolute atomic E-state index is 12.3. The fraction of sp³-hybridized carbons (Fsp3) is 0.368. The summed E-state index contributed by atoms with van der Waals surface area (Å²) in [5.41, 5.74) is 2.20. The van der Waals surface area contributed by atoms with Gasteiger partial charge in [0.1, 0.15) is 17.6 Å². The Labute approximate surface area is 146 Å². The van der Waals surface area contributed by atoms with Crippen molar-refractivity contribution in [1.29, 1.82) is 0 Å². The first-order chi connectivity index (χ1) is 12.0. The Morgan fingerprint density at radius 3 is 2.72 bits per heavy atom. The number of aliphatic carboxylic acids is 1. The molecule has 132 valence electrons. The summed E-state index contributed by atoms with van der Waals surface area (Å²) < 4.78 is 5.83. The Bertz CT molecular complexity index is 751. The predicted octanol–water partition coefficient (Wildman–Crippen LogP) is 2.07. The fourth-order valence-corrected chi connectivity index (χ4v) is 2.92. The monoisotopic (exact) mass is 342 g/mol. The minimum Gasteiger partial charge on any atom is -0.480 e. The predicted molar refractivity (Wildman–Crippen MR) is 93.2 cm³/mol. The van der Waals surface area contributed by atoms with E-state index < -0.39 is 12.0 Å². The summed E-state index contributed by atoms with van der Waals surface area (Å²) in [6.45, 7) is 3.28. The molecule has 0 bridgehead atoms. The van der Waals surface area contributed by atoms with Crippen LogP contribution in [0.25, 0.3) is 11.3 Å². The molecular weight excluding hydrogens is 320 g/mol. The van der Waals surface area contributed by atoms with Gasteiger partial charge in [-0.2, -0.15) is 0 Å². The summed E-state index contributed by atoms with van der Waals surface area (Å²) in [5.74, 6) is 0.580. The average Bonchev–Trinajstić information content (AvgIpc) is 3.09. The molecule has 0 aliphatic carbocycles. The van der Waals surface area contributed by atoms with E-state index in [1.807, 2.05) is 43.3 Å². The molecule has 1 aromatic heterocycles. The lowest BCUT2D eigenvalue weighted by Gasteiger charge is -2.31. The number of carboxylic acids is 1. The van der Waals surface area contributed by atoms with E-state index in [1.54, 1.807) is 4.90 Å². The number of carbonyl (C=O) groups is 2. The fourth-order valence-electron chi connectivity index (χ4n) is 2.92. The molecule has 2 aromatic rings. The van der Waals surface area contributed by atoms with Gasteiger partial charge in [-0.3, -0.25) is 9.59 Å².